The van der Waals surface area contributed by atoms with Crippen LogP contribution in [0.5, 0.6) is 5.75 Å². The van der Waals surface area contributed by atoms with E-state index in [1.165, 1.54) is 41.3 Å². The third kappa shape index (κ3) is 8.26. The molecule has 0 spiro atoms. The highest BCUT2D eigenvalue weighted by atomic mass is 32.2. The predicted octanol–water partition coefficient (Wildman–Crippen LogP) is 4.89. The fourth-order valence-electron chi connectivity index (χ4n) is 3.97. The molecule has 0 heterocycles. The Morgan fingerprint density at radius 3 is 1.98 bits per heavy atom. The lowest BCUT2D eigenvalue weighted by molar-refractivity contribution is -0.139. The first-order chi connectivity index (χ1) is 19.5. The molecule has 1 N–H and O–H groups in total. The Hall–Kier alpha value is -3.99. The van der Waals surface area contributed by atoms with Gasteiger partial charge in [0.25, 0.3) is 10.0 Å². The van der Waals surface area contributed by atoms with E-state index >= 15 is 0 Å². The van der Waals surface area contributed by atoms with Crippen LogP contribution in [0.2, 0.25) is 0 Å². The number of anilines is 1. The first-order valence-corrected chi connectivity index (χ1v) is 14.8. The molecule has 0 aliphatic carbocycles. The Morgan fingerprint density at radius 1 is 0.878 bits per heavy atom. The monoisotopic (exact) mass is 587 g/mol. The van der Waals surface area contributed by atoms with Crippen LogP contribution in [0.1, 0.15) is 39.7 Å². The summed E-state index contributed by atoms with van der Waals surface area (Å²) in [4.78, 5) is 28.0. The van der Waals surface area contributed by atoms with Gasteiger partial charge in [-0.1, -0.05) is 19.1 Å². The lowest BCUT2D eigenvalue weighted by atomic mass is 10.1. The summed E-state index contributed by atoms with van der Waals surface area (Å²) in [6.07, 6.45) is 0.672. The third-order valence-corrected chi connectivity index (χ3v) is 8.34. The van der Waals surface area contributed by atoms with Crippen molar-refractivity contribution in [3.63, 3.8) is 0 Å². The topological polar surface area (TPSA) is 96.0 Å². The van der Waals surface area contributed by atoms with Crippen molar-refractivity contribution in [3.8, 4) is 5.75 Å². The molecule has 41 heavy (non-hydrogen) atoms. The van der Waals surface area contributed by atoms with Crippen LogP contribution in [-0.2, 0) is 26.2 Å². The highest BCUT2D eigenvalue weighted by Crippen LogP contribution is 2.27. The number of sulfonamides is 1. The lowest BCUT2D eigenvalue weighted by Gasteiger charge is -2.32. The maximum Gasteiger partial charge on any atom is 0.264 e. The molecule has 220 valence electrons. The van der Waals surface area contributed by atoms with Crippen LogP contribution < -0.4 is 14.4 Å². The average Bonchev–Trinajstić information content (AvgIpc) is 2.95. The molecule has 0 saturated carbocycles. The van der Waals surface area contributed by atoms with Crippen LogP contribution in [-0.4, -0.2) is 50.4 Å². The van der Waals surface area contributed by atoms with Gasteiger partial charge in [-0.15, -0.1) is 0 Å². The number of halogens is 2. The Kier molecular flexibility index (Phi) is 10.8. The number of benzene rings is 3. The SMILES string of the molecule is CCOc1ccc(N(CC(=O)N(Cc2ccc(F)cc2)[C@H](C)C(=O)N[C@H](C)CC)S(=O)(=O)c2ccc(F)cc2)cc1. The molecule has 0 bridgehead atoms. The largest absolute Gasteiger partial charge is 0.494 e. The van der Waals surface area contributed by atoms with Crippen LogP contribution in [0.3, 0.4) is 0 Å². The van der Waals surface area contributed by atoms with Crippen molar-refractivity contribution in [2.24, 2.45) is 0 Å². The summed E-state index contributed by atoms with van der Waals surface area (Å²) in [5.74, 6) is -1.64. The Morgan fingerprint density at radius 2 is 1.44 bits per heavy atom. The van der Waals surface area contributed by atoms with E-state index in [0.29, 0.717) is 24.3 Å². The quantitative estimate of drug-likeness (QED) is 0.307. The number of carbonyl (C=O) groups is 2. The molecule has 0 saturated heterocycles. The summed E-state index contributed by atoms with van der Waals surface area (Å²) in [5.41, 5.74) is 0.724. The van der Waals surface area contributed by atoms with Crippen LogP contribution in [0.25, 0.3) is 0 Å². The number of nitrogens with zero attached hydrogens (tertiary/aromatic N) is 2. The zero-order chi connectivity index (χ0) is 30.2. The van der Waals surface area contributed by atoms with Crippen molar-refractivity contribution in [3.05, 3.63) is 90.0 Å². The predicted molar refractivity (Wildman–Crippen MR) is 153 cm³/mol. The van der Waals surface area contributed by atoms with Crippen LogP contribution in [0.4, 0.5) is 14.5 Å². The zero-order valence-electron chi connectivity index (χ0n) is 23.5. The number of nitrogens with one attached hydrogen (secondary N) is 1. The van der Waals surface area contributed by atoms with Gasteiger partial charge in [-0.05, 0) is 93.4 Å². The smallest absolute Gasteiger partial charge is 0.264 e. The molecule has 0 radical (unpaired) electrons. The van der Waals surface area contributed by atoms with Crippen LogP contribution >= 0.6 is 0 Å². The van der Waals surface area contributed by atoms with Gasteiger partial charge >= 0.3 is 0 Å². The van der Waals surface area contributed by atoms with Gasteiger partial charge < -0.3 is 15.0 Å². The van der Waals surface area contributed by atoms with E-state index in [1.807, 2.05) is 20.8 Å². The first-order valence-electron chi connectivity index (χ1n) is 13.3. The fraction of sp³-hybridized carbons (Fsp3) is 0.333. The molecule has 3 aromatic carbocycles. The fourth-order valence-corrected chi connectivity index (χ4v) is 5.39. The standard InChI is InChI=1S/C30H35F2N3O5S/c1-5-21(3)33-30(37)22(4)34(19-23-7-9-24(31)10-8-23)29(36)20-35(26-13-15-27(16-14-26)40-6-2)41(38,39)28-17-11-25(32)12-18-28/h7-18,21-22H,5-6,19-20H2,1-4H3,(H,33,37)/t21-,22-/m1/s1. The Labute approximate surface area is 240 Å². The molecule has 3 aromatic rings. The van der Waals surface area contributed by atoms with Gasteiger partial charge in [-0.2, -0.15) is 0 Å². The number of ether oxygens (including phenoxy) is 1. The minimum atomic E-state index is -4.34. The first kappa shape index (κ1) is 31.5. The summed E-state index contributed by atoms with van der Waals surface area (Å²) in [7, 11) is -4.34. The van der Waals surface area contributed by atoms with Crippen LogP contribution in [0.15, 0.2) is 77.7 Å². The highest BCUT2D eigenvalue weighted by Gasteiger charge is 2.33. The number of rotatable bonds is 13. The molecule has 0 aromatic heterocycles. The van der Waals surface area contributed by atoms with Gasteiger partial charge in [0.1, 0.15) is 30.0 Å². The molecule has 11 heteroatoms. The van der Waals surface area contributed by atoms with E-state index in [1.54, 1.807) is 19.1 Å². The molecule has 3 rings (SSSR count). The van der Waals surface area contributed by atoms with Gasteiger partial charge in [-0.3, -0.25) is 13.9 Å². The van der Waals surface area contributed by atoms with E-state index in [9.17, 15) is 26.8 Å². The van der Waals surface area contributed by atoms with Crippen molar-refractivity contribution in [2.45, 2.75) is 57.6 Å². The summed E-state index contributed by atoms with van der Waals surface area (Å²) in [6, 6.07) is 14.8. The molecule has 0 aliphatic heterocycles. The number of hydrogen-bond acceptors (Lipinski definition) is 5. The minimum Gasteiger partial charge on any atom is -0.494 e. The van der Waals surface area contributed by atoms with E-state index < -0.39 is 46.1 Å². The Bertz CT molecular complexity index is 1420. The maximum atomic E-state index is 13.9. The van der Waals surface area contributed by atoms with Crippen molar-refractivity contribution in [1.29, 1.82) is 0 Å². The maximum absolute atomic E-state index is 13.9. The molecule has 0 fully saturated rings. The lowest BCUT2D eigenvalue weighted by Crippen LogP contribution is -2.52. The normalized spacial score (nSPS) is 12.7. The van der Waals surface area contributed by atoms with E-state index in [4.69, 9.17) is 4.74 Å². The minimum absolute atomic E-state index is 0.0675. The molecular formula is C30H35F2N3O5S. The van der Waals surface area contributed by atoms with E-state index in [2.05, 4.69) is 5.32 Å². The summed E-state index contributed by atoms with van der Waals surface area (Å²) < 4.78 is 61.1. The second-order valence-corrected chi connectivity index (χ2v) is 11.4. The van der Waals surface area contributed by atoms with Gasteiger partial charge in [0.05, 0.1) is 17.2 Å². The van der Waals surface area contributed by atoms with Gasteiger partial charge in [-0.25, -0.2) is 17.2 Å². The Balaban J connectivity index is 2.02. The number of carbonyl (C=O) groups excluding carboxylic acids is 2. The number of amides is 2. The van der Waals surface area contributed by atoms with E-state index in [0.717, 1.165) is 28.6 Å². The van der Waals surface area contributed by atoms with Crippen LogP contribution in [0, 0.1) is 11.6 Å². The van der Waals surface area contributed by atoms with Crippen molar-refractivity contribution < 1.29 is 31.5 Å². The summed E-state index contributed by atoms with van der Waals surface area (Å²) in [6.45, 7) is 6.79. The zero-order valence-corrected chi connectivity index (χ0v) is 24.3. The summed E-state index contributed by atoms with van der Waals surface area (Å²) >= 11 is 0. The second kappa shape index (κ2) is 14.1. The molecule has 2 atom stereocenters. The molecule has 8 nitrogen and oxygen atoms in total. The van der Waals surface area contributed by atoms with Crippen molar-refractivity contribution in [1.82, 2.24) is 10.2 Å². The molecule has 0 aliphatic rings. The van der Waals surface area contributed by atoms with Gasteiger partial charge in [0.2, 0.25) is 11.8 Å². The second-order valence-electron chi connectivity index (χ2n) is 9.53. The van der Waals surface area contributed by atoms with Gasteiger partial charge in [0, 0.05) is 12.6 Å². The number of hydrogen-bond donors (Lipinski definition) is 1. The highest BCUT2D eigenvalue weighted by molar-refractivity contribution is 7.92. The average molecular weight is 588 g/mol. The van der Waals surface area contributed by atoms with Crippen molar-refractivity contribution in [2.75, 3.05) is 17.5 Å². The van der Waals surface area contributed by atoms with Gasteiger partial charge in [0.15, 0.2) is 0 Å². The van der Waals surface area contributed by atoms with Crippen molar-refractivity contribution >= 4 is 27.5 Å². The van der Waals surface area contributed by atoms with E-state index in [-0.39, 0.29) is 23.2 Å². The summed E-state index contributed by atoms with van der Waals surface area (Å²) in [5, 5.41) is 2.85. The molecular weight excluding hydrogens is 552 g/mol. The third-order valence-electron chi connectivity index (χ3n) is 6.55. The molecule has 2 amide bonds. The molecule has 0 unspecified atom stereocenters.